The van der Waals surface area contributed by atoms with Crippen LogP contribution in [-0.2, 0) is 11.2 Å². The Bertz CT molecular complexity index is 970. The number of rotatable bonds is 4. The predicted octanol–water partition coefficient (Wildman–Crippen LogP) is 4.23. The zero-order valence-electron chi connectivity index (χ0n) is 17.0. The lowest BCUT2D eigenvalue weighted by Gasteiger charge is -2.19. The lowest BCUT2D eigenvalue weighted by Crippen LogP contribution is -2.29. The molecule has 158 valence electrons. The summed E-state index contributed by atoms with van der Waals surface area (Å²) in [5.41, 5.74) is 2.68. The Hall–Kier alpha value is -2.73. The number of hydrogen-bond acceptors (Lipinski definition) is 4. The minimum Gasteiger partial charge on any atom is -0.489 e. The van der Waals surface area contributed by atoms with Crippen molar-refractivity contribution in [2.75, 3.05) is 31.6 Å². The molecule has 6 nitrogen and oxygen atoms in total. The molecule has 2 aromatic rings. The number of benzene rings is 2. The Morgan fingerprint density at radius 3 is 2.67 bits per heavy atom. The van der Waals surface area contributed by atoms with Gasteiger partial charge in [0.05, 0.1) is 35.9 Å². The Morgan fingerprint density at radius 2 is 1.87 bits per heavy atom. The van der Waals surface area contributed by atoms with Crippen molar-refractivity contribution in [3.05, 3.63) is 52.0 Å². The lowest BCUT2D eigenvalue weighted by atomic mass is 10.1. The fraction of sp³-hybridized carbons (Fsp3) is 0.391. The minimum absolute atomic E-state index is 0.0369. The van der Waals surface area contributed by atoms with Crippen LogP contribution in [0.2, 0.25) is 5.02 Å². The topological polar surface area (TPSA) is 67.9 Å². The summed E-state index contributed by atoms with van der Waals surface area (Å²) in [5, 5.41) is 3.37. The van der Waals surface area contributed by atoms with Gasteiger partial charge in [0, 0.05) is 19.5 Å². The number of nitrogens with one attached hydrogen (secondary N) is 1. The largest absolute Gasteiger partial charge is 0.489 e. The fourth-order valence-corrected chi connectivity index (χ4v) is 4.15. The number of carbonyl (C=O) groups is 2. The molecule has 0 radical (unpaired) electrons. The van der Waals surface area contributed by atoms with Gasteiger partial charge in [0.15, 0.2) is 11.5 Å². The number of para-hydroxylation sites is 1. The lowest BCUT2D eigenvalue weighted by molar-refractivity contribution is -0.115. The van der Waals surface area contributed by atoms with Gasteiger partial charge < -0.3 is 19.7 Å². The Balaban J connectivity index is 1.53. The highest BCUT2D eigenvalue weighted by Gasteiger charge is 2.24. The first-order chi connectivity index (χ1) is 14.5. The van der Waals surface area contributed by atoms with Crippen molar-refractivity contribution in [3.8, 4) is 11.5 Å². The van der Waals surface area contributed by atoms with Gasteiger partial charge in [-0.15, -0.1) is 0 Å². The van der Waals surface area contributed by atoms with Crippen molar-refractivity contribution in [2.45, 2.75) is 32.6 Å². The van der Waals surface area contributed by atoms with E-state index in [1.807, 2.05) is 24.0 Å². The molecule has 2 heterocycles. The van der Waals surface area contributed by atoms with Gasteiger partial charge >= 0.3 is 0 Å². The van der Waals surface area contributed by atoms with E-state index in [0.717, 1.165) is 43.5 Å². The molecule has 2 aliphatic heterocycles. The van der Waals surface area contributed by atoms with Crippen molar-refractivity contribution < 1.29 is 19.1 Å². The Labute approximate surface area is 181 Å². The Morgan fingerprint density at radius 1 is 1.10 bits per heavy atom. The quantitative estimate of drug-likeness (QED) is 0.791. The summed E-state index contributed by atoms with van der Waals surface area (Å²) in [5.74, 6) is 0.828. The van der Waals surface area contributed by atoms with Crippen LogP contribution in [0.15, 0.2) is 30.3 Å². The van der Waals surface area contributed by atoms with Crippen LogP contribution in [0.3, 0.4) is 0 Å². The van der Waals surface area contributed by atoms with Crippen molar-refractivity contribution in [2.24, 2.45) is 0 Å². The molecule has 2 amide bonds. The van der Waals surface area contributed by atoms with E-state index in [-0.39, 0.29) is 18.2 Å². The van der Waals surface area contributed by atoms with Crippen LogP contribution < -0.4 is 14.8 Å². The maximum atomic E-state index is 12.9. The molecule has 0 atom stereocenters. The van der Waals surface area contributed by atoms with Crippen LogP contribution in [-0.4, -0.2) is 43.0 Å². The summed E-state index contributed by atoms with van der Waals surface area (Å²) in [6.45, 7) is 4.50. The Kier molecular flexibility index (Phi) is 6.13. The fourth-order valence-electron chi connectivity index (χ4n) is 3.86. The maximum absolute atomic E-state index is 12.9. The van der Waals surface area contributed by atoms with E-state index < -0.39 is 0 Å². The van der Waals surface area contributed by atoms with Crippen LogP contribution in [0.4, 0.5) is 5.69 Å². The molecule has 30 heavy (non-hydrogen) atoms. The highest BCUT2D eigenvalue weighted by Crippen LogP contribution is 2.38. The van der Waals surface area contributed by atoms with Crippen molar-refractivity contribution in [1.82, 2.24) is 4.90 Å². The molecule has 2 aromatic carbocycles. The van der Waals surface area contributed by atoms with E-state index in [0.29, 0.717) is 41.0 Å². The van der Waals surface area contributed by atoms with Gasteiger partial charge in [0.2, 0.25) is 5.91 Å². The number of amides is 2. The summed E-state index contributed by atoms with van der Waals surface area (Å²) in [7, 11) is 0. The number of anilines is 1. The highest BCUT2D eigenvalue weighted by molar-refractivity contribution is 6.32. The molecule has 0 spiro atoms. The summed E-state index contributed by atoms with van der Waals surface area (Å²) in [4.78, 5) is 27.6. The third kappa shape index (κ3) is 4.38. The number of carbonyl (C=O) groups excluding carboxylic acids is 2. The molecule has 0 saturated carbocycles. The second kappa shape index (κ2) is 8.96. The maximum Gasteiger partial charge on any atom is 0.255 e. The number of hydrogen-bond donors (Lipinski definition) is 1. The molecule has 0 bridgehead atoms. The number of halogens is 1. The molecule has 1 saturated heterocycles. The molecule has 1 N–H and O–H groups in total. The van der Waals surface area contributed by atoms with Gasteiger partial charge in [-0.1, -0.05) is 23.7 Å². The monoisotopic (exact) mass is 428 g/mol. The van der Waals surface area contributed by atoms with Gasteiger partial charge in [0.25, 0.3) is 5.91 Å². The van der Waals surface area contributed by atoms with Crippen LogP contribution >= 0.6 is 11.6 Å². The second-order valence-electron chi connectivity index (χ2n) is 7.68. The van der Waals surface area contributed by atoms with Crippen LogP contribution in [0.5, 0.6) is 11.5 Å². The van der Waals surface area contributed by atoms with E-state index in [2.05, 4.69) is 5.32 Å². The van der Waals surface area contributed by atoms with Crippen LogP contribution in [0.25, 0.3) is 0 Å². The highest BCUT2D eigenvalue weighted by atomic mass is 35.5. The summed E-state index contributed by atoms with van der Waals surface area (Å²) in [6.07, 6.45) is 2.93. The first-order valence-corrected chi connectivity index (χ1v) is 10.7. The van der Waals surface area contributed by atoms with E-state index in [9.17, 15) is 9.59 Å². The predicted molar refractivity (Wildman–Crippen MR) is 116 cm³/mol. The number of ether oxygens (including phenoxy) is 2. The summed E-state index contributed by atoms with van der Waals surface area (Å²) >= 11 is 6.34. The number of fused-ring (bicyclic) bond motifs is 1. The average Bonchev–Trinajstić information content (AvgIpc) is 3.15. The van der Waals surface area contributed by atoms with Gasteiger partial charge in [-0.3, -0.25) is 9.59 Å². The molecule has 1 fully saturated rings. The number of likely N-dealkylation sites (tertiary alicyclic amines) is 1. The second-order valence-corrected chi connectivity index (χ2v) is 8.08. The third-order valence-electron chi connectivity index (χ3n) is 5.39. The van der Waals surface area contributed by atoms with Crippen molar-refractivity contribution in [3.63, 3.8) is 0 Å². The molecule has 0 aromatic heterocycles. The summed E-state index contributed by atoms with van der Waals surface area (Å²) < 4.78 is 11.3. The minimum atomic E-state index is -0.217. The standard InChI is InChI=1S/C23H25ClN2O4/c1-15-6-4-7-17(23(28)26-8-2-3-9-26)21(15)25-20(27)14-16-12-18(24)22-19(13-16)29-10-5-11-30-22/h4,6-7,12-13H,2-3,5,8-11,14H2,1H3,(H,25,27). The van der Waals surface area contributed by atoms with Gasteiger partial charge in [-0.05, 0) is 49.1 Å². The molecular formula is C23H25ClN2O4. The van der Waals surface area contributed by atoms with Crippen molar-refractivity contribution >= 4 is 29.1 Å². The van der Waals surface area contributed by atoms with E-state index in [1.165, 1.54) is 0 Å². The zero-order valence-corrected chi connectivity index (χ0v) is 17.8. The van der Waals surface area contributed by atoms with Gasteiger partial charge in [0.1, 0.15) is 0 Å². The molecular weight excluding hydrogens is 404 g/mol. The molecule has 4 rings (SSSR count). The molecule has 0 aliphatic carbocycles. The first-order valence-electron chi connectivity index (χ1n) is 10.3. The average molecular weight is 429 g/mol. The SMILES string of the molecule is Cc1cccc(C(=O)N2CCCC2)c1NC(=O)Cc1cc(Cl)c2c(c1)OCCCO2. The van der Waals surface area contributed by atoms with Crippen molar-refractivity contribution in [1.29, 1.82) is 0 Å². The smallest absolute Gasteiger partial charge is 0.255 e. The molecule has 2 aliphatic rings. The third-order valence-corrected chi connectivity index (χ3v) is 5.67. The van der Waals surface area contributed by atoms with Crippen LogP contribution in [0.1, 0.15) is 40.7 Å². The van der Waals surface area contributed by atoms with Crippen LogP contribution in [0, 0.1) is 6.92 Å². The van der Waals surface area contributed by atoms with Gasteiger partial charge in [-0.2, -0.15) is 0 Å². The summed E-state index contributed by atoms with van der Waals surface area (Å²) in [6, 6.07) is 9.02. The molecule has 7 heteroatoms. The number of nitrogens with zero attached hydrogens (tertiary/aromatic N) is 1. The van der Waals surface area contributed by atoms with Gasteiger partial charge in [-0.25, -0.2) is 0 Å². The van der Waals surface area contributed by atoms with E-state index in [4.69, 9.17) is 21.1 Å². The number of aryl methyl sites for hydroxylation is 1. The van der Waals surface area contributed by atoms with E-state index in [1.54, 1.807) is 18.2 Å². The molecule has 0 unspecified atom stereocenters. The van der Waals surface area contributed by atoms with E-state index >= 15 is 0 Å². The zero-order chi connectivity index (χ0) is 21.1. The normalized spacial score (nSPS) is 15.6. The first kappa shape index (κ1) is 20.5.